The molecule has 128 valence electrons. The van der Waals surface area contributed by atoms with Gasteiger partial charge in [0.15, 0.2) is 0 Å². The fourth-order valence-electron chi connectivity index (χ4n) is 2.72. The van der Waals surface area contributed by atoms with Crippen LogP contribution < -0.4 is 5.32 Å². The molecular weight excluding hydrogens is 292 g/mol. The number of nitrogens with one attached hydrogen (secondary N) is 1. The van der Waals surface area contributed by atoms with E-state index >= 15 is 0 Å². The molecule has 1 unspecified atom stereocenters. The normalized spacial score (nSPS) is 18.6. The number of amides is 1. The van der Waals surface area contributed by atoms with E-state index in [0.29, 0.717) is 13.0 Å². The van der Waals surface area contributed by atoms with Gasteiger partial charge in [0.05, 0.1) is 0 Å². The van der Waals surface area contributed by atoms with E-state index in [1.54, 1.807) is 4.90 Å². The van der Waals surface area contributed by atoms with E-state index in [0.717, 1.165) is 30.6 Å². The molecule has 1 aliphatic heterocycles. The third kappa shape index (κ3) is 5.75. The zero-order valence-corrected chi connectivity index (χ0v) is 14.3. The lowest BCUT2D eigenvalue weighted by molar-refractivity contribution is 0.0206. The average Bonchev–Trinajstić information content (AvgIpc) is 2.48. The first kappa shape index (κ1) is 17.6. The number of carbonyl (C=O) groups is 1. The first-order chi connectivity index (χ1) is 10.9. The largest absolute Gasteiger partial charge is 0.444 e. The van der Waals surface area contributed by atoms with Crippen LogP contribution in [0.5, 0.6) is 0 Å². The molecule has 1 fully saturated rings. The third-order valence-corrected chi connectivity index (χ3v) is 3.80. The quantitative estimate of drug-likeness (QED) is 0.895. The molecule has 0 saturated carbocycles. The van der Waals surface area contributed by atoms with Gasteiger partial charge < -0.3 is 20.1 Å². The van der Waals surface area contributed by atoms with Crippen LogP contribution in [0.15, 0.2) is 24.3 Å². The van der Waals surface area contributed by atoms with Gasteiger partial charge >= 0.3 is 6.09 Å². The Morgan fingerprint density at radius 1 is 1.35 bits per heavy atom. The summed E-state index contributed by atoms with van der Waals surface area (Å²) in [6.07, 6.45) is 2.45. The van der Waals surface area contributed by atoms with Crippen molar-refractivity contribution in [2.75, 3.05) is 25.0 Å². The number of carbonyl (C=O) groups excluding carboxylic acids is 1. The van der Waals surface area contributed by atoms with Crippen molar-refractivity contribution in [3.8, 4) is 0 Å². The molecule has 0 radical (unpaired) electrons. The molecule has 0 aliphatic carbocycles. The van der Waals surface area contributed by atoms with E-state index in [4.69, 9.17) is 9.84 Å². The highest BCUT2D eigenvalue weighted by molar-refractivity contribution is 5.68. The van der Waals surface area contributed by atoms with Crippen molar-refractivity contribution >= 4 is 11.8 Å². The van der Waals surface area contributed by atoms with Gasteiger partial charge in [-0.15, -0.1) is 0 Å². The number of piperidine rings is 1. The Hall–Kier alpha value is -1.75. The summed E-state index contributed by atoms with van der Waals surface area (Å²) >= 11 is 0. The molecule has 2 rings (SSSR count). The van der Waals surface area contributed by atoms with E-state index in [-0.39, 0.29) is 18.7 Å². The van der Waals surface area contributed by atoms with Gasteiger partial charge in [-0.2, -0.15) is 0 Å². The van der Waals surface area contributed by atoms with Crippen LogP contribution in [0.2, 0.25) is 0 Å². The van der Waals surface area contributed by atoms with Crippen molar-refractivity contribution in [2.24, 2.45) is 0 Å². The predicted octanol–water partition coefficient (Wildman–Crippen LogP) is 3.03. The summed E-state index contributed by atoms with van der Waals surface area (Å²) in [5.41, 5.74) is 1.71. The van der Waals surface area contributed by atoms with Crippen LogP contribution in [0.1, 0.15) is 39.2 Å². The Labute approximate surface area is 138 Å². The lowest BCUT2D eigenvalue weighted by Crippen LogP contribution is -2.46. The van der Waals surface area contributed by atoms with Crippen molar-refractivity contribution in [2.45, 2.75) is 51.7 Å². The van der Waals surface area contributed by atoms with Gasteiger partial charge in [0.25, 0.3) is 0 Å². The lowest BCUT2D eigenvalue weighted by atomic mass is 10.1. The first-order valence-corrected chi connectivity index (χ1v) is 8.31. The molecule has 5 heteroatoms. The summed E-state index contributed by atoms with van der Waals surface area (Å²) in [7, 11) is 0. The van der Waals surface area contributed by atoms with Crippen LogP contribution in [-0.2, 0) is 11.2 Å². The van der Waals surface area contributed by atoms with Crippen LogP contribution >= 0.6 is 0 Å². The molecule has 2 N–H and O–H groups in total. The summed E-state index contributed by atoms with van der Waals surface area (Å²) in [5.74, 6) is 0. The molecule has 1 amide bonds. The van der Waals surface area contributed by atoms with Crippen LogP contribution in [0, 0.1) is 0 Å². The van der Waals surface area contributed by atoms with Crippen molar-refractivity contribution in [1.82, 2.24) is 4.90 Å². The maximum Gasteiger partial charge on any atom is 0.410 e. The molecule has 0 aromatic heterocycles. The standard InChI is InChI=1S/C18H28N2O3/c1-18(2,3)23-17(22)20-11-4-5-16(13-20)19-15-8-6-14(7-9-15)10-12-21/h6-9,16,19,21H,4-5,10-13H2,1-3H3. The minimum absolute atomic E-state index is 0.167. The first-order valence-electron chi connectivity index (χ1n) is 8.31. The fourth-order valence-corrected chi connectivity index (χ4v) is 2.72. The molecule has 0 bridgehead atoms. The smallest absolute Gasteiger partial charge is 0.410 e. The summed E-state index contributed by atoms with van der Waals surface area (Å²) in [6, 6.07) is 8.33. The van der Waals surface area contributed by atoms with Gasteiger partial charge in [0.1, 0.15) is 5.60 Å². The highest BCUT2D eigenvalue weighted by atomic mass is 16.6. The minimum atomic E-state index is -0.458. The highest BCUT2D eigenvalue weighted by Gasteiger charge is 2.27. The van der Waals surface area contributed by atoms with Crippen LogP contribution in [0.25, 0.3) is 0 Å². The number of ether oxygens (including phenoxy) is 1. The predicted molar refractivity (Wildman–Crippen MR) is 91.7 cm³/mol. The number of benzene rings is 1. The fraction of sp³-hybridized carbons (Fsp3) is 0.611. The van der Waals surface area contributed by atoms with Crippen molar-refractivity contribution in [3.05, 3.63) is 29.8 Å². The number of likely N-dealkylation sites (tertiary alicyclic amines) is 1. The number of hydrogen-bond donors (Lipinski definition) is 2. The van der Waals surface area contributed by atoms with Crippen molar-refractivity contribution in [1.29, 1.82) is 0 Å². The maximum atomic E-state index is 12.2. The Morgan fingerprint density at radius 3 is 2.65 bits per heavy atom. The molecular formula is C18H28N2O3. The van der Waals surface area contributed by atoms with Gasteiger partial charge in [0.2, 0.25) is 0 Å². The van der Waals surface area contributed by atoms with E-state index < -0.39 is 5.60 Å². The van der Waals surface area contributed by atoms with Crippen LogP contribution in [0.3, 0.4) is 0 Å². The maximum absolute atomic E-state index is 12.2. The van der Waals surface area contributed by atoms with E-state index in [1.807, 2.05) is 45.0 Å². The Morgan fingerprint density at radius 2 is 2.04 bits per heavy atom. The van der Waals surface area contributed by atoms with Crippen molar-refractivity contribution < 1.29 is 14.6 Å². The summed E-state index contributed by atoms with van der Waals surface area (Å²) in [6.45, 7) is 7.24. The van der Waals surface area contributed by atoms with Gasteiger partial charge in [0, 0.05) is 31.4 Å². The molecule has 1 atom stereocenters. The van der Waals surface area contributed by atoms with Crippen molar-refractivity contribution in [3.63, 3.8) is 0 Å². The zero-order chi connectivity index (χ0) is 16.9. The second-order valence-corrected chi connectivity index (χ2v) is 7.08. The van der Waals surface area contributed by atoms with Gasteiger partial charge in [-0.25, -0.2) is 4.79 Å². The topological polar surface area (TPSA) is 61.8 Å². The van der Waals surface area contributed by atoms with Gasteiger partial charge in [-0.3, -0.25) is 0 Å². The molecule has 1 aromatic rings. The molecule has 23 heavy (non-hydrogen) atoms. The Balaban J connectivity index is 1.89. The molecule has 1 aromatic carbocycles. The number of rotatable bonds is 4. The van der Waals surface area contributed by atoms with Gasteiger partial charge in [-0.1, -0.05) is 12.1 Å². The average molecular weight is 320 g/mol. The monoisotopic (exact) mass is 320 g/mol. The molecule has 5 nitrogen and oxygen atoms in total. The lowest BCUT2D eigenvalue weighted by Gasteiger charge is -2.34. The van der Waals surface area contributed by atoms with Crippen LogP contribution in [-0.4, -0.2) is 47.4 Å². The summed E-state index contributed by atoms with van der Waals surface area (Å²) in [4.78, 5) is 14.0. The number of anilines is 1. The SMILES string of the molecule is CC(C)(C)OC(=O)N1CCCC(Nc2ccc(CCO)cc2)C1. The van der Waals surface area contributed by atoms with Crippen LogP contribution in [0.4, 0.5) is 10.5 Å². The zero-order valence-electron chi connectivity index (χ0n) is 14.3. The second-order valence-electron chi connectivity index (χ2n) is 7.08. The molecule has 1 aliphatic rings. The summed E-state index contributed by atoms with van der Waals surface area (Å²) in [5, 5.41) is 12.4. The highest BCUT2D eigenvalue weighted by Crippen LogP contribution is 2.19. The van der Waals surface area contributed by atoms with Gasteiger partial charge in [-0.05, 0) is 57.7 Å². The number of nitrogens with zero attached hydrogens (tertiary/aromatic N) is 1. The molecule has 1 saturated heterocycles. The second kappa shape index (κ2) is 7.68. The van der Waals surface area contributed by atoms with E-state index in [2.05, 4.69) is 5.32 Å². The van der Waals surface area contributed by atoms with E-state index in [1.165, 1.54) is 0 Å². The summed E-state index contributed by atoms with van der Waals surface area (Å²) < 4.78 is 5.45. The molecule has 0 spiro atoms. The molecule has 1 heterocycles. The number of hydrogen-bond acceptors (Lipinski definition) is 4. The Bertz CT molecular complexity index is 508. The number of aliphatic hydroxyl groups is 1. The minimum Gasteiger partial charge on any atom is -0.444 e. The Kier molecular flexibility index (Phi) is 5.88. The number of aliphatic hydroxyl groups excluding tert-OH is 1. The van der Waals surface area contributed by atoms with E-state index in [9.17, 15) is 4.79 Å². The third-order valence-electron chi connectivity index (χ3n) is 3.80.